The van der Waals surface area contributed by atoms with Gasteiger partial charge in [0, 0.05) is 13.1 Å². The Hall–Kier alpha value is -1.24. The zero-order valence-corrected chi connectivity index (χ0v) is 14.2. The van der Waals surface area contributed by atoms with E-state index in [-0.39, 0.29) is 16.6 Å². The summed E-state index contributed by atoms with van der Waals surface area (Å²) < 4.78 is 40.3. The van der Waals surface area contributed by atoms with Gasteiger partial charge < -0.3 is 5.32 Å². The van der Waals surface area contributed by atoms with Gasteiger partial charge in [0.2, 0.25) is 0 Å². The number of nitrogens with zero attached hydrogens (tertiary/aromatic N) is 2. The molecule has 0 saturated heterocycles. The van der Waals surface area contributed by atoms with Crippen LogP contribution in [0.25, 0.3) is 0 Å². The number of rotatable bonds is 2. The maximum absolute atomic E-state index is 13.1. The van der Waals surface area contributed by atoms with Gasteiger partial charge in [-0.2, -0.15) is 18.3 Å². The number of aromatic nitrogens is 2. The molecule has 1 heterocycles. The molecule has 3 aliphatic carbocycles. The lowest BCUT2D eigenvalue weighted by Gasteiger charge is -2.30. The van der Waals surface area contributed by atoms with Gasteiger partial charge in [0.25, 0.3) is 5.91 Å². The molecule has 1 amide bonds. The number of hydrogen-bond acceptors (Lipinski definition) is 2. The number of carbonyl (C=O) groups is 1. The molecule has 0 radical (unpaired) electrons. The monoisotopic (exact) mass is 361 g/mol. The average Bonchev–Trinajstić information content (AvgIpc) is 2.76. The smallest absolute Gasteiger partial charge is 0.348 e. The van der Waals surface area contributed by atoms with Crippen LogP contribution in [0.1, 0.15) is 48.7 Å². The van der Waals surface area contributed by atoms with Gasteiger partial charge in [-0.25, -0.2) is 0 Å². The van der Waals surface area contributed by atoms with E-state index >= 15 is 0 Å². The van der Waals surface area contributed by atoms with E-state index in [9.17, 15) is 18.0 Å². The van der Waals surface area contributed by atoms with Crippen LogP contribution in [0.3, 0.4) is 0 Å². The zero-order chi connectivity index (χ0) is 17.4. The first-order valence-corrected chi connectivity index (χ1v) is 8.62. The van der Waals surface area contributed by atoms with Gasteiger partial charge in [0.1, 0.15) is 10.7 Å². The summed E-state index contributed by atoms with van der Waals surface area (Å²) in [6.45, 7) is 2.22. The van der Waals surface area contributed by atoms with Crippen molar-refractivity contribution in [3.05, 3.63) is 16.4 Å². The Morgan fingerprint density at radius 3 is 2.75 bits per heavy atom. The third-order valence-corrected chi connectivity index (χ3v) is 6.56. The fourth-order valence-corrected chi connectivity index (χ4v) is 5.62. The Morgan fingerprint density at radius 2 is 2.08 bits per heavy atom. The van der Waals surface area contributed by atoms with E-state index in [2.05, 4.69) is 17.3 Å². The molecule has 24 heavy (non-hydrogen) atoms. The SMILES string of the molecule is CC1CC2CC3C(NC(=O)c4c(C(F)(F)F)nn(C)c4Cl)C3(C1)C2. The quantitative estimate of drug-likeness (QED) is 0.874. The molecule has 2 bridgehead atoms. The molecule has 5 unspecified atom stereocenters. The van der Waals surface area contributed by atoms with Crippen molar-refractivity contribution >= 4 is 17.5 Å². The van der Waals surface area contributed by atoms with Crippen molar-refractivity contribution in [3.63, 3.8) is 0 Å². The first-order valence-electron chi connectivity index (χ1n) is 8.24. The molecule has 0 aromatic carbocycles. The maximum atomic E-state index is 13.1. The summed E-state index contributed by atoms with van der Waals surface area (Å²) in [6.07, 6.45) is -0.278. The number of alkyl halides is 3. The maximum Gasteiger partial charge on any atom is 0.436 e. The van der Waals surface area contributed by atoms with Crippen molar-refractivity contribution in [1.82, 2.24) is 15.1 Å². The van der Waals surface area contributed by atoms with Gasteiger partial charge in [0.15, 0.2) is 5.69 Å². The predicted octanol–water partition coefficient (Wildman–Crippen LogP) is 3.65. The summed E-state index contributed by atoms with van der Waals surface area (Å²) in [5.74, 6) is 0.966. The lowest BCUT2D eigenvalue weighted by atomic mass is 9.76. The Bertz CT molecular complexity index is 716. The molecule has 3 aliphatic rings. The number of hydrogen-bond donors (Lipinski definition) is 1. The molecule has 1 aromatic rings. The molecular formula is C16H19ClF3N3O. The number of fused-ring (bicyclic) bond motifs is 1. The first-order chi connectivity index (χ1) is 11.1. The summed E-state index contributed by atoms with van der Waals surface area (Å²) in [4.78, 5) is 12.5. The normalized spacial score (nSPS) is 37.2. The van der Waals surface area contributed by atoms with Crippen molar-refractivity contribution in [3.8, 4) is 0 Å². The minimum Gasteiger partial charge on any atom is -0.348 e. The molecule has 1 N–H and O–H groups in total. The highest BCUT2D eigenvalue weighted by molar-refractivity contribution is 6.33. The van der Waals surface area contributed by atoms with Crippen LogP contribution in [0, 0.1) is 23.2 Å². The second-order valence-corrected chi connectivity index (χ2v) is 8.14. The van der Waals surface area contributed by atoms with Crippen LogP contribution in [0.5, 0.6) is 0 Å². The van der Waals surface area contributed by atoms with Crippen LogP contribution in [0.4, 0.5) is 13.2 Å². The minimum absolute atomic E-state index is 0.0265. The molecule has 1 spiro atoms. The van der Waals surface area contributed by atoms with Gasteiger partial charge in [-0.15, -0.1) is 0 Å². The topological polar surface area (TPSA) is 46.9 Å². The van der Waals surface area contributed by atoms with Crippen LogP contribution < -0.4 is 5.32 Å². The van der Waals surface area contributed by atoms with E-state index in [1.165, 1.54) is 13.5 Å². The van der Waals surface area contributed by atoms with Crippen LogP contribution in [-0.4, -0.2) is 21.7 Å². The summed E-state index contributed by atoms with van der Waals surface area (Å²) in [7, 11) is 1.30. The predicted molar refractivity (Wildman–Crippen MR) is 81.5 cm³/mol. The van der Waals surface area contributed by atoms with Gasteiger partial charge in [0.05, 0.1) is 0 Å². The lowest BCUT2D eigenvalue weighted by Crippen LogP contribution is -2.35. The van der Waals surface area contributed by atoms with Crippen LogP contribution in [0.2, 0.25) is 5.15 Å². The Labute approximate surface area is 142 Å². The Morgan fingerprint density at radius 1 is 1.38 bits per heavy atom. The summed E-state index contributed by atoms with van der Waals surface area (Å²) in [5, 5.41) is 5.92. The molecule has 3 saturated carbocycles. The molecule has 5 atom stereocenters. The van der Waals surface area contributed by atoms with Gasteiger partial charge in [-0.3, -0.25) is 9.48 Å². The number of amides is 1. The minimum atomic E-state index is -4.71. The molecular weight excluding hydrogens is 343 g/mol. The van der Waals surface area contributed by atoms with Crippen molar-refractivity contribution in [2.24, 2.45) is 30.2 Å². The molecule has 132 valence electrons. The summed E-state index contributed by atoms with van der Waals surface area (Å²) in [5.41, 5.74) is -1.68. The lowest BCUT2D eigenvalue weighted by molar-refractivity contribution is -0.141. The highest BCUT2D eigenvalue weighted by atomic mass is 35.5. The van der Waals surface area contributed by atoms with E-state index in [1.54, 1.807) is 0 Å². The van der Waals surface area contributed by atoms with Crippen molar-refractivity contribution < 1.29 is 18.0 Å². The second-order valence-electron chi connectivity index (χ2n) is 7.78. The zero-order valence-electron chi connectivity index (χ0n) is 13.5. The van der Waals surface area contributed by atoms with Gasteiger partial charge in [-0.05, 0) is 48.9 Å². The molecule has 4 nitrogen and oxygen atoms in total. The van der Waals surface area contributed by atoms with Crippen molar-refractivity contribution in [2.45, 2.75) is 44.8 Å². The van der Waals surface area contributed by atoms with E-state index in [1.807, 2.05) is 0 Å². The molecule has 8 heteroatoms. The molecule has 1 aromatic heterocycles. The van der Waals surface area contributed by atoms with E-state index < -0.39 is 23.3 Å². The standard InChI is InChI=1S/C16H19ClF3N3O/c1-7-3-8-4-9-11(15(9,5-7)6-8)21-14(24)10-12(16(18,19)20)22-23(2)13(10)17/h7-9,11H,3-6H2,1-2H3,(H,21,24). The number of nitrogens with one attached hydrogen (secondary N) is 1. The summed E-state index contributed by atoms with van der Waals surface area (Å²) >= 11 is 5.91. The molecule has 4 rings (SSSR count). The fourth-order valence-electron chi connectivity index (χ4n) is 5.41. The average molecular weight is 362 g/mol. The Kier molecular flexibility index (Phi) is 3.31. The van der Waals surface area contributed by atoms with E-state index in [4.69, 9.17) is 11.6 Å². The van der Waals surface area contributed by atoms with Crippen LogP contribution >= 0.6 is 11.6 Å². The van der Waals surface area contributed by atoms with E-state index in [0.717, 1.165) is 23.9 Å². The van der Waals surface area contributed by atoms with Gasteiger partial charge in [-0.1, -0.05) is 18.5 Å². The van der Waals surface area contributed by atoms with Crippen LogP contribution in [-0.2, 0) is 13.2 Å². The Balaban J connectivity index is 1.57. The largest absolute Gasteiger partial charge is 0.436 e. The number of carbonyl (C=O) groups excluding carboxylic acids is 1. The molecule has 3 fully saturated rings. The first kappa shape index (κ1) is 16.2. The van der Waals surface area contributed by atoms with Crippen LogP contribution in [0.15, 0.2) is 0 Å². The molecule has 0 aliphatic heterocycles. The third kappa shape index (κ3) is 2.20. The number of halogens is 4. The fraction of sp³-hybridized carbons (Fsp3) is 0.750. The number of aryl methyl sites for hydroxylation is 1. The van der Waals surface area contributed by atoms with Gasteiger partial charge >= 0.3 is 6.18 Å². The van der Waals surface area contributed by atoms with Crippen molar-refractivity contribution in [1.29, 1.82) is 0 Å². The second kappa shape index (κ2) is 4.90. The third-order valence-electron chi connectivity index (χ3n) is 6.13. The highest BCUT2D eigenvalue weighted by Crippen LogP contribution is 2.71. The van der Waals surface area contributed by atoms with E-state index in [0.29, 0.717) is 17.8 Å². The summed E-state index contributed by atoms with van der Waals surface area (Å²) in [6, 6.07) is -0.0265. The van der Waals surface area contributed by atoms with Crippen molar-refractivity contribution in [2.75, 3.05) is 0 Å². The highest BCUT2D eigenvalue weighted by Gasteiger charge is 2.70.